The number of carbonyl (C=O) groups is 2. The molecule has 0 aliphatic rings. The molecule has 3 rings (SSSR count). The van der Waals surface area contributed by atoms with E-state index in [2.05, 4.69) is 20.8 Å². The second-order valence-corrected chi connectivity index (χ2v) is 6.70. The van der Waals surface area contributed by atoms with Gasteiger partial charge in [0.05, 0.1) is 24.2 Å². The van der Waals surface area contributed by atoms with Crippen LogP contribution in [0.15, 0.2) is 40.3 Å². The molecule has 10 heteroatoms. The third kappa shape index (κ3) is 4.67. The molecule has 0 saturated heterocycles. The van der Waals surface area contributed by atoms with Crippen LogP contribution < -0.4 is 10.6 Å². The molecular formula is C16H17N5O3S2. The molecule has 136 valence electrons. The number of H-pyrrole nitrogens is 1. The third-order valence-electron chi connectivity index (χ3n) is 3.55. The minimum Gasteiger partial charge on any atom is -0.467 e. The molecule has 0 aliphatic heterocycles. The Kier molecular flexibility index (Phi) is 5.97. The van der Waals surface area contributed by atoms with Gasteiger partial charge in [0.25, 0.3) is 0 Å². The fourth-order valence-corrected chi connectivity index (χ4v) is 3.21. The van der Waals surface area contributed by atoms with Gasteiger partial charge in [0.1, 0.15) is 5.76 Å². The van der Waals surface area contributed by atoms with Crippen molar-refractivity contribution in [3.63, 3.8) is 0 Å². The number of carbonyl (C=O) groups excluding carboxylic acids is 2. The number of furan rings is 1. The van der Waals surface area contributed by atoms with Gasteiger partial charge in [0.15, 0.2) is 10.6 Å². The van der Waals surface area contributed by atoms with E-state index in [0.29, 0.717) is 22.9 Å². The summed E-state index contributed by atoms with van der Waals surface area (Å²) in [5, 5.41) is 14.2. The molecule has 3 aromatic rings. The number of nitrogens with one attached hydrogen (secondary N) is 3. The number of amides is 2. The van der Waals surface area contributed by atoms with Crippen molar-refractivity contribution in [1.82, 2.24) is 25.4 Å². The van der Waals surface area contributed by atoms with Crippen LogP contribution in [0.2, 0.25) is 0 Å². The van der Waals surface area contributed by atoms with Crippen molar-refractivity contribution < 1.29 is 14.0 Å². The molecule has 3 heterocycles. The van der Waals surface area contributed by atoms with E-state index in [1.807, 2.05) is 17.5 Å². The molecule has 8 nitrogen and oxygen atoms in total. The second kappa shape index (κ2) is 8.59. The molecule has 26 heavy (non-hydrogen) atoms. The summed E-state index contributed by atoms with van der Waals surface area (Å²) in [7, 11) is 0. The van der Waals surface area contributed by atoms with Gasteiger partial charge in [0.2, 0.25) is 11.8 Å². The maximum Gasteiger partial charge on any atom is 0.239 e. The van der Waals surface area contributed by atoms with Gasteiger partial charge in [-0.2, -0.15) is 5.10 Å². The van der Waals surface area contributed by atoms with Gasteiger partial charge in [0, 0.05) is 13.0 Å². The smallest absolute Gasteiger partial charge is 0.239 e. The zero-order chi connectivity index (χ0) is 18.4. The van der Waals surface area contributed by atoms with Crippen molar-refractivity contribution in [3.8, 4) is 10.7 Å². The first-order valence-electron chi connectivity index (χ1n) is 7.88. The number of nitrogens with zero attached hydrogens (tertiary/aromatic N) is 2. The van der Waals surface area contributed by atoms with Crippen molar-refractivity contribution in [2.24, 2.45) is 0 Å². The Labute approximate surface area is 158 Å². The fraction of sp³-hybridized carbons (Fsp3) is 0.250. The van der Waals surface area contributed by atoms with E-state index in [4.69, 9.17) is 16.6 Å². The van der Waals surface area contributed by atoms with E-state index >= 15 is 0 Å². The van der Waals surface area contributed by atoms with Crippen LogP contribution in [0.5, 0.6) is 0 Å². The summed E-state index contributed by atoms with van der Waals surface area (Å²) in [6, 6.07) is 7.37. The molecule has 0 aromatic carbocycles. The predicted octanol–water partition coefficient (Wildman–Crippen LogP) is 2.08. The highest BCUT2D eigenvalue weighted by molar-refractivity contribution is 7.71. The standard InChI is InChI=1S/C16H17N5O3S2/c22-13(18-10-14(23)17-9-11-3-1-7-24-11)5-6-21-15(19-20-16(21)25)12-4-2-8-26-12/h1-4,7-8H,5-6,9-10H2,(H,17,23)(H,18,22)(H,20,25). The summed E-state index contributed by atoms with van der Waals surface area (Å²) >= 11 is 6.77. The number of aromatic amines is 1. The molecule has 0 bridgehead atoms. The van der Waals surface area contributed by atoms with Gasteiger partial charge >= 0.3 is 0 Å². The summed E-state index contributed by atoms with van der Waals surface area (Å²) < 4.78 is 7.35. The molecule has 0 fully saturated rings. The minimum atomic E-state index is -0.283. The van der Waals surface area contributed by atoms with Gasteiger partial charge in [-0.05, 0) is 35.8 Å². The zero-order valence-corrected chi connectivity index (χ0v) is 15.4. The first kappa shape index (κ1) is 18.1. The van der Waals surface area contributed by atoms with Gasteiger partial charge < -0.3 is 15.1 Å². The Balaban J connectivity index is 1.45. The normalized spacial score (nSPS) is 10.6. The molecule has 0 unspecified atom stereocenters. The third-order valence-corrected chi connectivity index (χ3v) is 4.73. The second-order valence-electron chi connectivity index (χ2n) is 5.36. The van der Waals surface area contributed by atoms with Crippen LogP contribution in [0.4, 0.5) is 0 Å². The molecule has 0 spiro atoms. The quantitative estimate of drug-likeness (QED) is 0.510. The summed E-state index contributed by atoms with van der Waals surface area (Å²) in [5.41, 5.74) is 0. The summed E-state index contributed by atoms with van der Waals surface area (Å²) in [5.74, 6) is 0.835. The molecular weight excluding hydrogens is 374 g/mol. The highest BCUT2D eigenvalue weighted by Gasteiger charge is 2.12. The molecule has 2 amide bonds. The maximum absolute atomic E-state index is 12.0. The van der Waals surface area contributed by atoms with Gasteiger partial charge in [-0.1, -0.05) is 6.07 Å². The van der Waals surface area contributed by atoms with E-state index in [9.17, 15) is 9.59 Å². The SMILES string of the molecule is O=C(CCn1c(-c2cccs2)n[nH]c1=S)NCC(=O)NCc1ccco1. The van der Waals surface area contributed by atoms with Crippen molar-refractivity contribution in [2.75, 3.05) is 6.54 Å². The molecule has 0 aliphatic carbocycles. The number of hydrogen-bond donors (Lipinski definition) is 3. The van der Waals surface area contributed by atoms with Crippen molar-refractivity contribution >= 4 is 35.4 Å². The number of thiophene rings is 1. The molecule has 3 N–H and O–H groups in total. The molecule has 0 atom stereocenters. The first-order valence-corrected chi connectivity index (χ1v) is 9.17. The fourth-order valence-electron chi connectivity index (χ4n) is 2.26. The number of aromatic nitrogens is 3. The van der Waals surface area contributed by atoms with Crippen LogP contribution in [0.3, 0.4) is 0 Å². The van der Waals surface area contributed by atoms with Crippen LogP contribution in [0.1, 0.15) is 12.2 Å². The van der Waals surface area contributed by atoms with E-state index in [1.54, 1.807) is 28.0 Å². The summed E-state index contributed by atoms with van der Waals surface area (Å²) in [4.78, 5) is 24.7. The molecule has 0 saturated carbocycles. The van der Waals surface area contributed by atoms with E-state index in [0.717, 1.165) is 4.88 Å². The lowest BCUT2D eigenvalue weighted by Crippen LogP contribution is -2.36. The lowest BCUT2D eigenvalue weighted by atomic mass is 10.3. The Morgan fingerprint density at radius 3 is 2.88 bits per heavy atom. The Morgan fingerprint density at radius 2 is 2.15 bits per heavy atom. The van der Waals surface area contributed by atoms with Crippen LogP contribution in [0.25, 0.3) is 10.7 Å². The van der Waals surface area contributed by atoms with E-state index in [1.165, 1.54) is 6.26 Å². The number of hydrogen-bond acceptors (Lipinski definition) is 6. The van der Waals surface area contributed by atoms with Crippen LogP contribution in [-0.4, -0.2) is 33.1 Å². The summed E-state index contributed by atoms with van der Waals surface area (Å²) in [6.45, 7) is 0.576. The van der Waals surface area contributed by atoms with Crippen molar-refractivity contribution in [3.05, 3.63) is 46.4 Å². The van der Waals surface area contributed by atoms with Gasteiger partial charge in [-0.25, -0.2) is 0 Å². The summed E-state index contributed by atoms with van der Waals surface area (Å²) in [6.07, 6.45) is 1.73. The minimum absolute atomic E-state index is 0.0892. The number of rotatable bonds is 8. The maximum atomic E-state index is 12.0. The highest BCUT2D eigenvalue weighted by atomic mass is 32.1. The Bertz CT molecular complexity index is 912. The van der Waals surface area contributed by atoms with Crippen molar-refractivity contribution in [2.45, 2.75) is 19.5 Å². The lowest BCUT2D eigenvalue weighted by molar-refractivity contribution is -0.126. The average molecular weight is 391 g/mol. The first-order chi connectivity index (χ1) is 12.6. The molecule has 3 aromatic heterocycles. The van der Waals surface area contributed by atoms with E-state index in [-0.39, 0.29) is 31.3 Å². The van der Waals surface area contributed by atoms with Crippen LogP contribution >= 0.6 is 23.6 Å². The Morgan fingerprint density at radius 1 is 1.27 bits per heavy atom. The average Bonchev–Trinajstić information content (AvgIpc) is 3.38. The van der Waals surface area contributed by atoms with Gasteiger partial charge in [-0.15, -0.1) is 11.3 Å². The van der Waals surface area contributed by atoms with Gasteiger partial charge in [-0.3, -0.25) is 19.3 Å². The highest BCUT2D eigenvalue weighted by Crippen LogP contribution is 2.22. The van der Waals surface area contributed by atoms with Crippen molar-refractivity contribution in [1.29, 1.82) is 0 Å². The monoisotopic (exact) mass is 391 g/mol. The Hall–Kier alpha value is -2.72. The predicted molar refractivity (Wildman–Crippen MR) is 98.9 cm³/mol. The molecule has 0 radical (unpaired) electrons. The zero-order valence-electron chi connectivity index (χ0n) is 13.7. The van der Waals surface area contributed by atoms with E-state index < -0.39 is 0 Å². The van der Waals surface area contributed by atoms with Crippen LogP contribution in [0, 0.1) is 4.77 Å². The largest absolute Gasteiger partial charge is 0.467 e. The topological polar surface area (TPSA) is 105 Å². The van der Waals surface area contributed by atoms with Crippen LogP contribution in [-0.2, 0) is 22.7 Å². The lowest BCUT2D eigenvalue weighted by Gasteiger charge is -2.07.